The Hall–Kier alpha value is -4.49. The van der Waals surface area contributed by atoms with Gasteiger partial charge in [0.05, 0.1) is 11.2 Å². The number of nitrogens with zero attached hydrogens (tertiary/aromatic N) is 2. The van der Waals surface area contributed by atoms with Gasteiger partial charge >= 0.3 is 11.9 Å². The summed E-state index contributed by atoms with van der Waals surface area (Å²) in [5.74, 6) is -2.03. The normalized spacial score (nSPS) is 12.1. The molecule has 7 nitrogen and oxygen atoms in total. The van der Waals surface area contributed by atoms with Crippen LogP contribution in [0.2, 0.25) is 0 Å². The Morgan fingerprint density at radius 2 is 1.49 bits per heavy atom. The van der Waals surface area contributed by atoms with Gasteiger partial charge in [0.25, 0.3) is 0 Å². The zero-order valence-electron chi connectivity index (χ0n) is 20.2. The minimum Gasteiger partial charge on any atom is -0.480 e. The van der Waals surface area contributed by atoms with Crippen LogP contribution in [0.15, 0.2) is 91.0 Å². The molecule has 0 amide bonds. The number of para-hydroxylation sites is 1. The molecular formula is C30H27N3O4. The Bertz CT molecular complexity index is 1560. The van der Waals surface area contributed by atoms with Crippen molar-refractivity contribution in [3.63, 3.8) is 0 Å². The smallest absolute Gasteiger partial charge is 0.354 e. The van der Waals surface area contributed by atoms with Crippen LogP contribution in [-0.4, -0.2) is 44.3 Å². The summed E-state index contributed by atoms with van der Waals surface area (Å²) in [6, 6.07) is 28.4. The fraction of sp³-hybridized carbons (Fsp3) is 0.167. The lowest BCUT2D eigenvalue weighted by atomic mass is 10.1. The molecule has 0 spiro atoms. The van der Waals surface area contributed by atoms with Gasteiger partial charge in [0, 0.05) is 35.8 Å². The maximum Gasteiger partial charge on any atom is 0.354 e. The van der Waals surface area contributed by atoms with Crippen LogP contribution in [0.3, 0.4) is 0 Å². The van der Waals surface area contributed by atoms with Gasteiger partial charge in [-0.05, 0) is 29.7 Å². The molecule has 37 heavy (non-hydrogen) atoms. The SMILES string of the molecule is O=C(O)c1cc2c3ccccc3n(Cc3ccccc3)c2c(CCN[C@@H](Cc2ccccc2)C(=O)O)n1. The van der Waals surface area contributed by atoms with E-state index in [2.05, 4.69) is 27.0 Å². The Kier molecular flexibility index (Phi) is 6.96. The number of pyridine rings is 1. The Labute approximate surface area is 214 Å². The highest BCUT2D eigenvalue weighted by Crippen LogP contribution is 2.32. The highest BCUT2D eigenvalue weighted by molar-refractivity contribution is 6.10. The molecule has 0 aliphatic rings. The number of hydrogen-bond donors (Lipinski definition) is 3. The molecule has 0 aliphatic carbocycles. The van der Waals surface area contributed by atoms with E-state index in [9.17, 15) is 19.8 Å². The predicted molar refractivity (Wildman–Crippen MR) is 143 cm³/mol. The van der Waals surface area contributed by atoms with Gasteiger partial charge in [0.2, 0.25) is 0 Å². The number of carboxylic acids is 2. The third-order valence-corrected chi connectivity index (χ3v) is 6.56. The first-order valence-corrected chi connectivity index (χ1v) is 12.2. The van der Waals surface area contributed by atoms with Crippen molar-refractivity contribution in [3.05, 3.63) is 114 Å². The van der Waals surface area contributed by atoms with Crippen LogP contribution in [0.5, 0.6) is 0 Å². The Morgan fingerprint density at radius 1 is 0.838 bits per heavy atom. The number of aromatic carboxylic acids is 1. The molecule has 2 heterocycles. The number of nitrogens with one attached hydrogen (secondary N) is 1. The maximum absolute atomic E-state index is 11.9. The number of carbonyl (C=O) groups is 2. The van der Waals surface area contributed by atoms with Gasteiger partial charge in [0.1, 0.15) is 11.7 Å². The third-order valence-electron chi connectivity index (χ3n) is 6.56. The maximum atomic E-state index is 11.9. The minimum absolute atomic E-state index is 0.0239. The molecule has 0 saturated carbocycles. The highest BCUT2D eigenvalue weighted by Gasteiger charge is 2.21. The molecule has 0 aliphatic heterocycles. The first kappa shape index (κ1) is 24.2. The molecule has 0 saturated heterocycles. The van der Waals surface area contributed by atoms with Crippen molar-refractivity contribution >= 4 is 33.7 Å². The van der Waals surface area contributed by atoms with Crippen molar-refractivity contribution < 1.29 is 19.8 Å². The molecule has 0 bridgehead atoms. The first-order valence-electron chi connectivity index (χ1n) is 12.2. The first-order chi connectivity index (χ1) is 18.0. The van der Waals surface area contributed by atoms with Gasteiger partial charge in [0.15, 0.2) is 0 Å². The summed E-state index contributed by atoms with van der Waals surface area (Å²) < 4.78 is 2.17. The lowest BCUT2D eigenvalue weighted by molar-refractivity contribution is -0.139. The molecule has 0 unspecified atom stereocenters. The number of aliphatic carboxylic acids is 1. The van der Waals surface area contributed by atoms with Gasteiger partial charge in [-0.15, -0.1) is 0 Å². The molecule has 3 aromatic carbocycles. The van der Waals surface area contributed by atoms with Gasteiger partial charge in [-0.2, -0.15) is 0 Å². The van der Waals surface area contributed by atoms with Crippen LogP contribution in [0.25, 0.3) is 21.8 Å². The molecule has 5 rings (SSSR count). The number of aromatic nitrogens is 2. The van der Waals surface area contributed by atoms with E-state index >= 15 is 0 Å². The molecule has 186 valence electrons. The van der Waals surface area contributed by atoms with Crippen LogP contribution >= 0.6 is 0 Å². The molecule has 2 aromatic heterocycles. The molecule has 7 heteroatoms. The number of carboxylic acid groups (broad SMARTS) is 2. The Morgan fingerprint density at radius 3 is 2.16 bits per heavy atom. The summed E-state index contributed by atoms with van der Waals surface area (Å²) in [6.07, 6.45) is 0.726. The van der Waals surface area contributed by atoms with E-state index in [0.717, 1.165) is 32.9 Å². The van der Waals surface area contributed by atoms with Gasteiger partial charge in [-0.25, -0.2) is 9.78 Å². The van der Waals surface area contributed by atoms with Crippen molar-refractivity contribution in [2.75, 3.05) is 6.54 Å². The largest absolute Gasteiger partial charge is 0.480 e. The van der Waals surface area contributed by atoms with E-state index < -0.39 is 18.0 Å². The summed E-state index contributed by atoms with van der Waals surface area (Å²) in [7, 11) is 0. The molecule has 3 N–H and O–H groups in total. The topological polar surface area (TPSA) is 104 Å². The van der Waals surface area contributed by atoms with Crippen LogP contribution in [0, 0.1) is 0 Å². The van der Waals surface area contributed by atoms with Gasteiger partial charge < -0.3 is 20.1 Å². The molecule has 5 aromatic rings. The quantitative estimate of drug-likeness (QED) is 0.259. The summed E-state index contributed by atoms with van der Waals surface area (Å²) in [6.45, 7) is 0.937. The van der Waals surface area contributed by atoms with Crippen molar-refractivity contribution in [1.82, 2.24) is 14.9 Å². The lowest BCUT2D eigenvalue weighted by Crippen LogP contribution is -2.39. The average Bonchev–Trinajstić information content (AvgIpc) is 3.22. The molecule has 0 fully saturated rings. The van der Waals surface area contributed by atoms with Crippen molar-refractivity contribution in [1.29, 1.82) is 0 Å². The third kappa shape index (κ3) is 5.22. The predicted octanol–water partition coefficient (Wildman–Crippen LogP) is 4.76. The second-order valence-corrected chi connectivity index (χ2v) is 9.03. The zero-order chi connectivity index (χ0) is 25.8. The zero-order valence-corrected chi connectivity index (χ0v) is 20.2. The number of hydrogen-bond acceptors (Lipinski definition) is 4. The van der Waals surface area contributed by atoms with E-state index in [-0.39, 0.29) is 5.69 Å². The monoisotopic (exact) mass is 493 g/mol. The second kappa shape index (κ2) is 10.6. The van der Waals surface area contributed by atoms with Crippen molar-refractivity contribution in [2.24, 2.45) is 0 Å². The lowest BCUT2D eigenvalue weighted by Gasteiger charge is -2.16. The van der Waals surface area contributed by atoms with Crippen LogP contribution in [0.1, 0.15) is 27.3 Å². The second-order valence-electron chi connectivity index (χ2n) is 9.03. The number of fused-ring (bicyclic) bond motifs is 3. The van der Waals surface area contributed by atoms with Gasteiger partial charge in [-0.3, -0.25) is 4.79 Å². The molecular weight excluding hydrogens is 466 g/mol. The van der Waals surface area contributed by atoms with E-state index in [1.165, 1.54) is 0 Å². The summed E-state index contributed by atoms with van der Waals surface area (Å²) >= 11 is 0. The fourth-order valence-electron chi connectivity index (χ4n) is 4.83. The average molecular weight is 494 g/mol. The summed E-state index contributed by atoms with van der Waals surface area (Å²) in [4.78, 5) is 28.4. The van der Waals surface area contributed by atoms with Crippen molar-refractivity contribution in [3.8, 4) is 0 Å². The number of rotatable bonds is 10. The van der Waals surface area contributed by atoms with Crippen LogP contribution in [-0.2, 0) is 24.2 Å². The van der Waals surface area contributed by atoms with E-state index in [0.29, 0.717) is 31.6 Å². The highest BCUT2D eigenvalue weighted by atomic mass is 16.4. The molecule has 1 atom stereocenters. The Balaban J connectivity index is 1.52. The minimum atomic E-state index is -1.09. The van der Waals surface area contributed by atoms with Crippen molar-refractivity contribution in [2.45, 2.75) is 25.4 Å². The molecule has 0 radical (unpaired) electrons. The number of benzene rings is 3. The van der Waals surface area contributed by atoms with E-state index in [1.54, 1.807) is 6.07 Å². The summed E-state index contributed by atoms with van der Waals surface area (Å²) in [5.41, 5.74) is 4.51. The van der Waals surface area contributed by atoms with Gasteiger partial charge in [-0.1, -0.05) is 78.9 Å². The summed E-state index contributed by atoms with van der Waals surface area (Å²) in [5, 5.41) is 24.5. The standard InChI is InChI=1S/C30H27N3O4/c34-29(35)25(17-20-9-3-1-4-10-20)31-16-15-24-28-23(18-26(32-24)30(36)37)22-13-7-8-14-27(22)33(28)19-21-11-5-2-6-12-21/h1-14,18,25,31H,15-17,19H2,(H,34,35)(H,36,37)/t25-/m0/s1. The van der Waals surface area contributed by atoms with Crippen LogP contribution < -0.4 is 5.32 Å². The fourth-order valence-corrected chi connectivity index (χ4v) is 4.83. The van der Waals surface area contributed by atoms with Crippen LogP contribution in [0.4, 0.5) is 0 Å². The van der Waals surface area contributed by atoms with E-state index in [1.807, 2.05) is 72.8 Å². The van der Waals surface area contributed by atoms with E-state index in [4.69, 9.17) is 0 Å².